The van der Waals surface area contributed by atoms with Crippen molar-refractivity contribution in [1.29, 1.82) is 0 Å². The highest BCUT2D eigenvalue weighted by Crippen LogP contribution is 2.25. The Hall–Kier alpha value is -0.520. The lowest BCUT2D eigenvalue weighted by Gasteiger charge is -2.01. The van der Waals surface area contributed by atoms with Crippen molar-refractivity contribution in [2.24, 2.45) is 0 Å². The predicted octanol–water partition coefficient (Wildman–Crippen LogP) is 6.00. The first-order chi connectivity index (χ1) is 8.36. The summed E-state index contributed by atoms with van der Waals surface area (Å²) in [6.45, 7) is 4.55. The van der Waals surface area contributed by atoms with Gasteiger partial charge in [0.15, 0.2) is 0 Å². The van der Waals surface area contributed by atoms with Crippen LogP contribution in [0.1, 0.15) is 78.1 Å². The number of rotatable bonds is 10. The quantitative estimate of drug-likeness (QED) is 0.406. The largest absolute Gasteiger partial charge is 0.0732 e. The summed E-state index contributed by atoms with van der Waals surface area (Å²) in [6.07, 6.45) is 20.7. The van der Waals surface area contributed by atoms with E-state index < -0.39 is 0 Å². The lowest BCUT2D eigenvalue weighted by Crippen LogP contribution is -1.82. The van der Waals surface area contributed by atoms with E-state index in [9.17, 15) is 0 Å². The van der Waals surface area contributed by atoms with Gasteiger partial charge in [-0.1, -0.05) is 75.7 Å². The summed E-state index contributed by atoms with van der Waals surface area (Å²) in [7, 11) is 0. The monoisotopic (exact) mass is 233 g/mol. The van der Waals surface area contributed by atoms with Gasteiger partial charge in [0.1, 0.15) is 0 Å². The van der Waals surface area contributed by atoms with Gasteiger partial charge in [-0.2, -0.15) is 0 Å². The maximum atomic E-state index is 2.43. The first-order valence-electron chi connectivity index (χ1n) is 7.61. The summed E-state index contributed by atoms with van der Waals surface area (Å²) < 4.78 is 0. The molecule has 0 aliphatic heterocycles. The van der Waals surface area contributed by atoms with Crippen molar-refractivity contribution in [1.82, 2.24) is 0 Å². The van der Waals surface area contributed by atoms with Gasteiger partial charge in [0, 0.05) is 6.42 Å². The fourth-order valence-corrected chi connectivity index (χ4v) is 2.37. The van der Waals surface area contributed by atoms with E-state index in [0.717, 1.165) is 0 Å². The summed E-state index contributed by atoms with van der Waals surface area (Å²) in [5.41, 5.74) is 3.12. The van der Waals surface area contributed by atoms with Gasteiger partial charge in [-0.25, -0.2) is 0 Å². The van der Waals surface area contributed by atoms with Gasteiger partial charge in [-0.3, -0.25) is 0 Å². The van der Waals surface area contributed by atoms with Crippen LogP contribution in [0, 0.1) is 6.42 Å². The molecule has 0 heterocycles. The van der Waals surface area contributed by atoms with Crippen LogP contribution in [0.5, 0.6) is 0 Å². The highest BCUT2D eigenvalue weighted by atomic mass is 14.1. The molecular formula is C17H29. The molecule has 0 saturated heterocycles. The van der Waals surface area contributed by atoms with E-state index in [4.69, 9.17) is 0 Å². The van der Waals surface area contributed by atoms with Crippen molar-refractivity contribution < 1.29 is 0 Å². The molecule has 1 aliphatic rings. The van der Waals surface area contributed by atoms with Crippen molar-refractivity contribution >= 4 is 0 Å². The maximum absolute atomic E-state index is 2.43. The molecule has 0 amide bonds. The fourth-order valence-electron chi connectivity index (χ4n) is 2.37. The first-order valence-corrected chi connectivity index (χ1v) is 7.61. The van der Waals surface area contributed by atoms with Crippen molar-refractivity contribution in [3.63, 3.8) is 0 Å². The maximum Gasteiger partial charge on any atom is 0.00863 e. The molecule has 0 aromatic carbocycles. The Morgan fingerprint density at radius 1 is 0.706 bits per heavy atom. The minimum Gasteiger partial charge on any atom is -0.0732 e. The predicted molar refractivity (Wildman–Crippen MR) is 78.0 cm³/mol. The molecule has 17 heavy (non-hydrogen) atoms. The van der Waals surface area contributed by atoms with Crippen LogP contribution < -0.4 is 0 Å². The van der Waals surface area contributed by atoms with Crippen molar-refractivity contribution in [3.05, 3.63) is 29.7 Å². The molecule has 0 fully saturated rings. The van der Waals surface area contributed by atoms with Gasteiger partial charge in [0.25, 0.3) is 0 Å². The number of allylic oxidation sites excluding steroid dienone is 4. The molecule has 0 N–H and O–H groups in total. The van der Waals surface area contributed by atoms with Crippen LogP contribution in [0.3, 0.4) is 0 Å². The van der Waals surface area contributed by atoms with Crippen LogP contribution in [-0.4, -0.2) is 0 Å². The molecule has 0 unspecified atom stereocenters. The molecule has 0 aromatic rings. The second kappa shape index (κ2) is 9.50. The normalized spacial score (nSPS) is 14.9. The Morgan fingerprint density at radius 3 is 1.88 bits per heavy atom. The van der Waals surface area contributed by atoms with Crippen molar-refractivity contribution in [2.75, 3.05) is 0 Å². The summed E-state index contributed by atoms with van der Waals surface area (Å²) in [6, 6.07) is 0. The second-order valence-corrected chi connectivity index (χ2v) is 5.25. The van der Waals surface area contributed by atoms with Crippen LogP contribution in [0.4, 0.5) is 0 Å². The summed E-state index contributed by atoms with van der Waals surface area (Å²) >= 11 is 0. The lowest BCUT2D eigenvalue weighted by atomic mass is 10.1. The van der Waals surface area contributed by atoms with Gasteiger partial charge < -0.3 is 0 Å². The SMILES string of the molecule is CCCCCCC1=CC(CCCCCC)=C[CH]1. The van der Waals surface area contributed by atoms with Crippen molar-refractivity contribution in [3.8, 4) is 0 Å². The molecule has 0 nitrogen and oxygen atoms in total. The second-order valence-electron chi connectivity index (χ2n) is 5.25. The van der Waals surface area contributed by atoms with Crippen LogP contribution >= 0.6 is 0 Å². The van der Waals surface area contributed by atoms with Crippen LogP contribution in [0.2, 0.25) is 0 Å². The van der Waals surface area contributed by atoms with Crippen molar-refractivity contribution in [2.45, 2.75) is 78.1 Å². The molecule has 1 rings (SSSR count). The van der Waals surface area contributed by atoms with E-state index in [-0.39, 0.29) is 0 Å². The average molecular weight is 233 g/mol. The standard InChI is InChI=1S/C17H29/c1-3-5-7-9-11-16-13-14-17(15-16)12-10-8-6-4-2/h13-15H,3-12H2,1-2H3. The molecule has 0 saturated carbocycles. The van der Waals surface area contributed by atoms with E-state index in [0.29, 0.717) is 0 Å². The topological polar surface area (TPSA) is 0 Å². The average Bonchev–Trinajstić information content (AvgIpc) is 2.78. The van der Waals surface area contributed by atoms with Crippen LogP contribution in [0.25, 0.3) is 0 Å². The van der Waals surface area contributed by atoms with Crippen LogP contribution in [-0.2, 0) is 0 Å². The summed E-state index contributed by atoms with van der Waals surface area (Å²) in [5, 5.41) is 0. The zero-order chi connectivity index (χ0) is 12.3. The first kappa shape index (κ1) is 14.5. The molecule has 0 bridgehead atoms. The zero-order valence-electron chi connectivity index (χ0n) is 11.8. The van der Waals surface area contributed by atoms with Gasteiger partial charge in [0.05, 0.1) is 0 Å². The molecule has 0 atom stereocenters. The molecule has 1 radical (unpaired) electrons. The molecular weight excluding hydrogens is 204 g/mol. The third kappa shape index (κ3) is 6.71. The Balaban J connectivity index is 2.07. The summed E-state index contributed by atoms with van der Waals surface area (Å²) in [5.74, 6) is 0. The third-order valence-electron chi connectivity index (χ3n) is 3.52. The highest BCUT2D eigenvalue weighted by molar-refractivity contribution is 5.40. The van der Waals surface area contributed by atoms with E-state index in [1.54, 1.807) is 11.1 Å². The Morgan fingerprint density at radius 2 is 1.29 bits per heavy atom. The van der Waals surface area contributed by atoms with E-state index in [1.165, 1.54) is 64.2 Å². The number of unbranched alkanes of at least 4 members (excludes halogenated alkanes) is 6. The van der Waals surface area contributed by atoms with Gasteiger partial charge in [-0.05, 0) is 25.7 Å². The molecule has 1 aliphatic carbocycles. The van der Waals surface area contributed by atoms with E-state index in [2.05, 4.69) is 32.4 Å². The molecule has 0 aromatic heterocycles. The van der Waals surface area contributed by atoms with Gasteiger partial charge in [-0.15, -0.1) is 0 Å². The van der Waals surface area contributed by atoms with Gasteiger partial charge >= 0.3 is 0 Å². The molecule has 0 heteroatoms. The zero-order valence-corrected chi connectivity index (χ0v) is 11.8. The fraction of sp³-hybridized carbons (Fsp3) is 0.706. The molecule has 0 spiro atoms. The minimum atomic E-state index is 1.29. The summed E-state index contributed by atoms with van der Waals surface area (Å²) in [4.78, 5) is 0. The smallest absolute Gasteiger partial charge is 0.00863 e. The third-order valence-corrected chi connectivity index (χ3v) is 3.52. The highest BCUT2D eigenvalue weighted by Gasteiger charge is 2.06. The van der Waals surface area contributed by atoms with E-state index >= 15 is 0 Å². The lowest BCUT2D eigenvalue weighted by molar-refractivity contribution is 0.665. The minimum absolute atomic E-state index is 1.29. The molecule has 97 valence electrons. The Bertz CT molecular complexity index is 245. The van der Waals surface area contributed by atoms with Crippen LogP contribution in [0.15, 0.2) is 23.3 Å². The van der Waals surface area contributed by atoms with Gasteiger partial charge in [0.2, 0.25) is 0 Å². The Labute approximate surface area is 108 Å². The van der Waals surface area contributed by atoms with E-state index in [1.807, 2.05) is 0 Å². The number of hydrogen-bond donors (Lipinski definition) is 0. The Kier molecular flexibility index (Phi) is 8.13. The number of hydrogen-bond acceptors (Lipinski definition) is 0.